The summed E-state index contributed by atoms with van der Waals surface area (Å²) in [6.45, 7) is 9.05. The van der Waals surface area contributed by atoms with Crippen LogP contribution in [0, 0.1) is 5.92 Å². The molecule has 0 N–H and O–H groups in total. The molecule has 2 nitrogen and oxygen atoms in total. The molecule has 0 aromatic rings. The fraction of sp³-hybridized carbons (Fsp3) is 1.00. The van der Waals surface area contributed by atoms with Crippen molar-refractivity contribution >= 4 is 12.9 Å². The average molecular weight is 203 g/mol. The van der Waals surface area contributed by atoms with Crippen LogP contribution < -0.4 is 0 Å². The summed E-state index contributed by atoms with van der Waals surface area (Å²) in [5.74, 6) is 0.743. The van der Waals surface area contributed by atoms with Gasteiger partial charge in [0.25, 0.3) is 0 Å². The van der Waals surface area contributed by atoms with E-state index < -0.39 is 0 Å². The van der Waals surface area contributed by atoms with Crippen LogP contribution >= 0.6 is 12.9 Å². The third kappa shape index (κ3) is 3.15. The lowest BCUT2D eigenvalue weighted by molar-refractivity contribution is 0.116. The highest BCUT2D eigenvalue weighted by Crippen LogP contribution is 2.23. The van der Waals surface area contributed by atoms with Gasteiger partial charge in [-0.1, -0.05) is 13.8 Å². The molecule has 1 heterocycles. The Morgan fingerprint density at radius 3 is 2.69 bits per heavy atom. The van der Waals surface area contributed by atoms with Gasteiger partial charge in [0.05, 0.1) is 6.10 Å². The Kier molecular flexibility index (Phi) is 4.56. The molecule has 0 aromatic heterocycles. The monoisotopic (exact) mass is 203 g/mol. The quantitative estimate of drug-likeness (QED) is 0.556. The minimum Gasteiger partial charge on any atom is -0.314 e. The van der Waals surface area contributed by atoms with E-state index in [0.29, 0.717) is 6.04 Å². The Morgan fingerprint density at radius 2 is 2.15 bits per heavy atom. The molecule has 0 radical (unpaired) electrons. The number of nitrogens with zero attached hydrogens (tertiary/aromatic N) is 1. The predicted octanol–water partition coefficient (Wildman–Crippen LogP) is 2.36. The number of hydrogen-bond donors (Lipinski definition) is 1. The molecule has 2 atom stereocenters. The summed E-state index contributed by atoms with van der Waals surface area (Å²) in [5.41, 5.74) is 0. The van der Waals surface area contributed by atoms with Crippen molar-refractivity contribution < 1.29 is 4.18 Å². The van der Waals surface area contributed by atoms with Gasteiger partial charge in [-0.15, -0.1) is 0 Å². The molecule has 1 fully saturated rings. The van der Waals surface area contributed by atoms with Crippen molar-refractivity contribution in [3.8, 4) is 0 Å². The Labute approximate surface area is 87.3 Å². The minimum absolute atomic E-state index is 0.254. The molecule has 1 aliphatic rings. The molecule has 1 rings (SSSR count). The first kappa shape index (κ1) is 11.3. The average Bonchev–Trinajstić information content (AvgIpc) is 2.50. The number of rotatable bonds is 4. The summed E-state index contributed by atoms with van der Waals surface area (Å²) in [6, 6.07) is 0.583. The van der Waals surface area contributed by atoms with Crippen LogP contribution in [0.1, 0.15) is 33.6 Å². The van der Waals surface area contributed by atoms with Crippen LogP contribution in [0.25, 0.3) is 0 Å². The Hall–Kier alpha value is 0.270. The molecule has 0 bridgehead atoms. The highest BCUT2D eigenvalue weighted by Gasteiger charge is 2.29. The molecule has 13 heavy (non-hydrogen) atoms. The summed E-state index contributed by atoms with van der Waals surface area (Å²) < 4.78 is 5.10. The zero-order valence-corrected chi connectivity index (χ0v) is 9.76. The van der Waals surface area contributed by atoms with Crippen molar-refractivity contribution in [2.75, 3.05) is 13.1 Å². The summed E-state index contributed by atoms with van der Waals surface area (Å²) in [6.07, 6.45) is 2.82. The van der Waals surface area contributed by atoms with Gasteiger partial charge in [0.2, 0.25) is 0 Å². The van der Waals surface area contributed by atoms with Gasteiger partial charge < -0.3 is 4.18 Å². The normalized spacial score (nSPS) is 27.0. The van der Waals surface area contributed by atoms with Crippen molar-refractivity contribution in [1.82, 2.24) is 4.90 Å². The maximum Gasteiger partial charge on any atom is 0.0845 e. The van der Waals surface area contributed by atoms with Crippen LogP contribution in [0.5, 0.6) is 0 Å². The molecule has 0 amide bonds. The van der Waals surface area contributed by atoms with Gasteiger partial charge in [-0.05, 0) is 45.1 Å². The molecule has 78 valence electrons. The fourth-order valence-corrected chi connectivity index (χ4v) is 2.29. The van der Waals surface area contributed by atoms with Crippen molar-refractivity contribution in [1.29, 1.82) is 0 Å². The molecular weight excluding hydrogens is 182 g/mol. The van der Waals surface area contributed by atoms with E-state index in [9.17, 15) is 0 Å². The van der Waals surface area contributed by atoms with Gasteiger partial charge in [0.15, 0.2) is 0 Å². The second-order valence-corrected chi connectivity index (χ2v) is 4.62. The maximum absolute atomic E-state index is 5.10. The summed E-state index contributed by atoms with van der Waals surface area (Å²) in [4.78, 5) is 2.53. The predicted molar refractivity (Wildman–Crippen MR) is 59.0 cm³/mol. The van der Waals surface area contributed by atoms with Gasteiger partial charge in [-0.25, -0.2) is 0 Å². The van der Waals surface area contributed by atoms with Crippen LogP contribution in [0.2, 0.25) is 0 Å². The van der Waals surface area contributed by atoms with E-state index in [4.69, 9.17) is 4.18 Å². The van der Waals surface area contributed by atoms with Crippen LogP contribution in [0.4, 0.5) is 0 Å². The van der Waals surface area contributed by atoms with Gasteiger partial charge in [-0.2, -0.15) is 0 Å². The van der Waals surface area contributed by atoms with E-state index in [2.05, 4.69) is 38.6 Å². The molecule has 1 unspecified atom stereocenters. The molecule has 0 saturated carbocycles. The first-order valence-corrected chi connectivity index (χ1v) is 5.56. The van der Waals surface area contributed by atoms with E-state index in [1.54, 1.807) is 0 Å². The third-order valence-corrected chi connectivity index (χ3v) is 3.05. The molecule has 1 aliphatic heterocycles. The lowest BCUT2D eigenvalue weighted by atomic mass is 10.1. The highest BCUT2D eigenvalue weighted by molar-refractivity contribution is 7.75. The van der Waals surface area contributed by atoms with Crippen LogP contribution in [0.3, 0.4) is 0 Å². The smallest absolute Gasteiger partial charge is 0.0845 e. The third-order valence-electron chi connectivity index (χ3n) is 2.72. The lowest BCUT2D eigenvalue weighted by Crippen LogP contribution is -2.39. The zero-order valence-electron chi connectivity index (χ0n) is 8.86. The van der Waals surface area contributed by atoms with Gasteiger partial charge in [-0.3, -0.25) is 4.90 Å². The fourth-order valence-electron chi connectivity index (χ4n) is 2.15. The molecule has 0 aliphatic carbocycles. The second-order valence-electron chi connectivity index (χ2n) is 4.41. The summed E-state index contributed by atoms with van der Waals surface area (Å²) in [7, 11) is 0. The largest absolute Gasteiger partial charge is 0.314 e. The SMILES string of the molecule is CC(C)CN1CCC[C@@H]1C(C)OS. The Bertz CT molecular complexity index is 152. The summed E-state index contributed by atoms with van der Waals surface area (Å²) >= 11 is 3.90. The lowest BCUT2D eigenvalue weighted by Gasteiger charge is -2.29. The summed E-state index contributed by atoms with van der Waals surface area (Å²) in [5, 5.41) is 0. The highest BCUT2D eigenvalue weighted by atomic mass is 32.1. The van der Waals surface area contributed by atoms with Gasteiger partial charge >= 0.3 is 0 Å². The minimum atomic E-state index is 0.254. The van der Waals surface area contributed by atoms with E-state index >= 15 is 0 Å². The Morgan fingerprint density at radius 1 is 1.46 bits per heavy atom. The standard InChI is InChI=1S/C10H21NOS/c1-8(2)7-11-6-4-5-10(11)9(3)12-13/h8-10,13H,4-7H2,1-3H3/t9?,10-/m1/s1. The van der Waals surface area contributed by atoms with E-state index in [1.165, 1.54) is 25.9 Å². The second kappa shape index (κ2) is 5.23. The molecule has 0 aromatic carbocycles. The Balaban J connectivity index is 2.43. The number of likely N-dealkylation sites (tertiary alicyclic amines) is 1. The van der Waals surface area contributed by atoms with Crippen molar-refractivity contribution in [2.45, 2.75) is 45.8 Å². The topological polar surface area (TPSA) is 12.5 Å². The van der Waals surface area contributed by atoms with E-state index in [-0.39, 0.29) is 6.10 Å². The number of hydrogen-bond acceptors (Lipinski definition) is 3. The van der Waals surface area contributed by atoms with Crippen molar-refractivity contribution in [3.63, 3.8) is 0 Å². The van der Waals surface area contributed by atoms with Crippen LogP contribution in [0.15, 0.2) is 0 Å². The van der Waals surface area contributed by atoms with Crippen molar-refractivity contribution in [3.05, 3.63) is 0 Å². The molecule has 1 saturated heterocycles. The van der Waals surface area contributed by atoms with E-state index in [1.807, 2.05) is 0 Å². The first-order valence-electron chi connectivity index (χ1n) is 5.19. The van der Waals surface area contributed by atoms with Gasteiger partial charge in [0, 0.05) is 12.6 Å². The van der Waals surface area contributed by atoms with Crippen LogP contribution in [-0.4, -0.2) is 30.1 Å². The van der Waals surface area contributed by atoms with Crippen LogP contribution in [-0.2, 0) is 4.18 Å². The molecular formula is C10H21NOS. The van der Waals surface area contributed by atoms with Crippen molar-refractivity contribution in [2.24, 2.45) is 5.92 Å². The maximum atomic E-state index is 5.10. The van der Waals surface area contributed by atoms with Gasteiger partial charge in [0.1, 0.15) is 0 Å². The van der Waals surface area contributed by atoms with E-state index in [0.717, 1.165) is 5.92 Å². The molecule has 3 heteroatoms. The zero-order chi connectivity index (χ0) is 9.84. The molecule has 0 spiro atoms. The number of thiol groups is 1. The first-order chi connectivity index (χ1) is 6.15.